The van der Waals surface area contributed by atoms with Gasteiger partial charge in [-0.2, -0.15) is 0 Å². The summed E-state index contributed by atoms with van der Waals surface area (Å²) in [6, 6.07) is 12.1. The van der Waals surface area contributed by atoms with Crippen molar-refractivity contribution >= 4 is 40.8 Å². The monoisotopic (exact) mass is 349 g/mol. The summed E-state index contributed by atoms with van der Waals surface area (Å²) in [6.07, 6.45) is 0.805. The largest absolute Gasteiger partial charge is 0.452 e. The third-order valence-corrected chi connectivity index (χ3v) is 4.05. The molecule has 0 fully saturated rings. The van der Waals surface area contributed by atoms with Gasteiger partial charge in [-0.15, -0.1) is 0 Å². The number of esters is 1. The SMILES string of the molecule is O=C(OCC(=O)N1CCc2ccccc21)c1cc(Cl)cc(Cl)c1. The Balaban J connectivity index is 1.64. The van der Waals surface area contributed by atoms with Crippen molar-refractivity contribution < 1.29 is 14.3 Å². The number of ether oxygens (including phenoxy) is 1. The van der Waals surface area contributed by atoms with Crippen LogP contribution in [0.25, 0.3) is 0 Å². The number of hydrogen-bond donors (Lipinski definition) is 0. The third-order valence-electron chi connectivity index (χ3n) is 3.61. The average Bonchev–Trinajstić information content (AvgIpc) is 2.95. The van der Waals surface area contributed by atoms with Crippen LogP contribution in [0.4, 0.5) is 5.69 Å². The molecule has 1 heterocycles. The summed E-state index contributed by atoms with van der Waals surface area (Å²) in [4.78, 5) is 25.9. The summed E-state index contributed by atoms with van der Waals surface area (Å²) < 4.78 is 5.08. The van der Waals surface area contributed by atoms with Gasteiger partial charge in [0.05, 0.1) is 5.56 Å². The molecule has 4 nitrogen and oxygen atoms in total. The zero-order chi connectivity index (χ0) is 16.4. The smallest absolute Gasteiger partial charge is 0.338 e. The highest BCUT2D eigenvalue weighted by atomic mass is 35.5. The first-order valence-corrected chi connectivity index (χ1v) is 7.81. The second-order valence-corrected chi connectivity index (χ2v) is 6.03. The molecule has 0 atom stereocenters. The van der Waals surface area contributed by atoms with Crippen molar-refractivity contribution in [2.24, 2.45) is 0 Å². The fraction of sp³-hybridized carbons (Fsp3) is 0.176. The van der Waals surface area contributed by atoms with Crippen LogP contribution in [0.5, 0.6) is 0 Å². The van der Waals surface area contributed by atoms with E-state index in [1.54, 1.807) is 4.90 Å². The van der Waals surface area contributed by atoms with Crippen LogP contribution < -0.4 is 4.90 Å². The first-order chi connectivity index (χ1) is 11.0. The lowest BCUT2D eigenvalue weighted by Crippen LogP contribution is -2.33. The molecule has 1 amide bonds. The van der Waals surface area contributed by atoms with Crippen LogP contribution >= 0.6 is 23.2 Å². The van der Waals surface area contributed by atoms with Gasteiger partial charge in [-0.1, -0.05) is 41.4 Å². The van der Waals surface area contributed by atoms with E-state index in [0.29, 0.717) is 16.6 Å². The van der Waals surface area contributed by atoms with Gasteiger partial charge in [0.2, 0.25) is 0 Å². The number of nitrogens with zero attached hydrogens (tertiary/aromatic N) is 1. The summed E-state index contributed by atoms with van der Waals surface area (Å²) in [5.74, 6) is -0.883. The van der Waals surface area contributed by atoms with E-state index in [9.17, 15) is 9.59 Å². The van der Waals surface area contributed by atoms with Gasteiger partial charge in [0, 0.05) is 22.3 Å². The number of halogens is 2. The van der Waals surface area contributed by atoms with Crippen LogP contribution in [0.15, 0.2) is 42.5 Å². The van der Waals surface area contributed by atoms with Crippen molar-refractivity contribution in [2.45, 2.75) is 6.42 Å². The predicted octanol–water partition coefficient (Wildman–Crippen LogP) is 3.74. The Morgan fingerprint density at radius 3 is 2.52 bits per heavy atom. The molecule has 2 aromatic rings. The molecule has 23 heavy (non-hydrogen) atoms. The number of amides is 1. The molecule has 3 rings (SSSR count). The minimum Gasteiger partial charge on any atom is -0.452 e. The highest BCUT2D eigenvalue weighted by Crippen LogP contribution is 2.27. The molecule has 0 spiro atoms. The lowest BCUT2D eigenvalue weighted by atomic mass is 10.2. The summed E-state index contributed by atoms with van der Waals surface area (Å²) in [5.41, 5.74) is 2.21. The summed E-state index contributed by atoms with van der Waals surface area (Å²) in [6.45, 7) is 0.274. The highest BCUT2D eigenvalue weighted by molar-refractivity contribution is 6.35. The second-order valence-electron chi connectivity index (χ2n) is 5.16. The van der Waals surface area contributed by atoms with Gasteiger partial charge in [-0.25, -0.2) is 4.79 Å². The number of carbonyl (C=O) groups is 2. The summed E-state index contributed by atoms with van der Waals surface area (Å²) in [5, 5.41) is 0.675. The van der Waals surface area contributed by atoms with Gasteiger partial charge in [-0.05, 0) is 36.2 Å². The van der Waals surface area contributed by atoms with Crippen LogP contribution in [0.3, 0.4) is 0 Å². The minimum atomic E-state index is -0.629. The number of anilines is 1. The van der Waals surface area contributed by atoms with Gasteiger partial charge in [0.15, 0.2) is 6.61 Å². The maximum absolute atomic E-state index is 12.3. The molecule has 0 radical (unpaired) electrons. The molecular weight excluding hydrogens is 337 g/mol. The quantitative estimate of drug-likeness (QED) is 0.793. The molecule has 0 aromatic heterocycles. The van der Waals surface area contributed by atoms with E-state index >= 15 is 0 Å². The standard InChI is InChI=1S/C17H13Cl2NO3/c18-13-7-12(8-14(19)9-13)17(22)23-10-16(21)20-6-5-11-3-1-2-4-15(11)20/h1-4,7-9H,5-6,10H2. The number of rotatable bonds is 3. The van der Waals surface area contributed by atoms with Crippen molar-refractivity contribution in [1.29, 1.82) is 0 Å². The Labute approximate surface area is 143 Å². The molecular formula is C17H13Cl2NO3. The highest BCUT2D eigenvalue weighted by Gasteiger charge is 2.25. The molecule has 118 valence electrons. The van der Waals surface area contributed by atoms with Gasteiger partial charge < -0.3 is 9.64 Å². The van der Waals surface area contributed by atoms with Crippen LogP contribution in [0, 0.1) is 0 Å². The zero-order valence-electron chi connectivity index (χ0n) is 12.1. The average molecular weight is 350 g/mol. The molecule has 1 aliphatic heterocycles. The molecule has 0 saturated carbocycles. The minimum absolute atomic E-state index is 0.220. The molecule has 6 heteroatoms. The van der Waals surface area contributed by atoms with Gasteiger partial charge in [0.1, 0.15) is 0 Å². The van der Waals surface area contributed by atoms with E-state index in [0.717, 1.165) is 17.7 Å². The first-order valence-electron chi connectivity index (χ1n) is 7.06. The van der Waals surface area contributed by atoms with Crippen molar-refractivity contribution in [3.8, 4) is 0 Å². The number of hydrogen-bond acceptors (Lipinski definition) is 3. The maximum Gasteiger partial charge on any atom is 0.338 e. The first kappa shape index (κ1) is 15.8. The van der Waals surface area contributed by atoms with Crippen LogP contribution in [-0.4, -0.2) is 25.0 Å². The second kappa shape index (κ2) is 6.60. The molecule has 0 bridgehead atoms. The summed E-state index contributed by atoms with van der Waals surface area (Å²) >= 11 is 11.7. The Morgan fingerprint density at radius 1 is 1.09 bits per heavy atom. The van der Waals surface area contributed by atoms with Crippen LogP contribution in [-0.2, 0) is 16.0 Å². The van der Waals surface area contributed by atoms with Crippen LogP contribution in [0.2, 0.25) is 10.0 Å². The molecule has 0 aliphatic carbocycles. The Morgan fingerprint density at radius 2 is 1.78 bits per heavy atom. The van der Waals surface area contributed by atoms with E-state index in [1.807, 2.05) is 24.3 Å². The number of para-hydroxylation sites is 1. The van der Waals surface area contributed by atoms with Gasteiger partial charge in [0.25, 0.3) is 5.91 Å². The topological polar surface area (TPSA) is 46.6 Å². The Hall–Kier alpha value is -2.04. The van der Waals surface area contributed by atoms with Crippen molar-refractivity contribution in [2.75, 3.05) is 18.1 Å². The lowest BCUT2D eigenvalue weighted by molar-refractivity contribution is -0.121. The van der Waals surface area contributed by atoms with Gasteiger partial charge in [-0.3, -0.25) is 4.79 Å². The summed E-state index contributed by atoms with van der Waals surface area (Å²) in [7, 11) is 0. The normalized spacial score (nSPS) is 12.9. The molecule has 0 N–H and O–H groups in total. The number of carbonyl (C=O) groups excluding carboxylic acids is 2. The van der Waals surface area contributed by atoms with E-state index in [4.69, 9.17) is 27.9 Å². The molecule has 0 unspecified atom stereocenters. The fourth-order valence-corrected chi connectivity index (χ4v) is 3.08. The zero-order valence-corrected chi connectivity index (χ0v) is 13.6. The fourth-order valence-electron chi connectivity index (χ4n) is 2.56. The van der Waals surface area contributed by atoms with E-state index in [2.05, 4.69) is 0 Å². The predicted molar refractivity (Wildman–Crippen MR) is 89.2 cm³/mol. The van der Waals surface area contributed by atoms with Crippen LogP contribution in [0.1, 0.15) is 15.9 Å². The molecule has 1 aliphatic rings. The van der Waals surface area contributed by atoms with Crippen molar-refractivity contribution in [3.63, 3.8) is 0 Å². The van der Waals surface area contributed by atoms with E-state index < -0.39 is 5.97 Å². The van der Waals surface area contributed by atoms with Crippen molar-refractivity contribution in [1.82, 2.24) is 0 Å². The molecule has 0 saturated heterocycles. The van der Waals surface area contributed by atoms with Gasteiger partial charge >= 0.3 is 5.97 Å². The Kier molecular flexibility index (Phi) is 4.55. The van der Waals surface area contributed by atoms with E-state index in [-0.39, 0.29) is 18.1 Å². The third kappa shape index (κ3) is 3.49. The Bertz CT molecular complexity index is 756. The lowest BCUT2D eigenvalue weighted by Gasteiger charge is -2.17. The molecule has 2 aromatic carbocycles. The number of fused-ring (bicyclic) bond motifs is 1. The maximum atomic E-state index is 12.3. The van der Waals surface area contributed by atoms with Crippen molar-refractivity contribution in [3.05, 3.63) is 63.6 Å². The number of benzene rings is 2. The van der Waals surface area contributed by atoms with E-state index in [1.165, 1.54) is 18.2 Å².